The first-order valence-electron chi connectivity index (χ1n) is 10.1. The van der Waals surface area contributed by atoms with Crippen molar-refractivity contribution in [1.29, 1.82) is 0 Å². The van der Waals surface area contributed by atoms with Crippen molar-refractivity contribution in [1.82, 2.24) is 15.2 Å². The van der Waals surface area contributed by atoms with E-state index in [2.05, 4.69) is 38.0 Å². The molecule has 2 rings (SSSR count). The van der Waals surface area contributed by atoms with Gasteiger partial charge in [-0.15, -0.1) is 11.3 Å². The fourth-order valence-electron chi connectivity index (χ4n) is 3.57. The smallest absolute Gasteiger partial charge is 0.194 e. The van der Waals surface area contributed by atoms with Crippen molar-refractivity contribution in [2.45, 2.75) is 65.8 Å². The molecule has 1 aromatic rings. The van der Waals surface area contributed by atoms with E-state index < -0.39 is 0 Å². The predicted molar refractivity (Wildman–Crippen MR) is 111 cm³/mol. The van der Waals surface area contributed by atoms with Gasteiger partial charge >= 0.3 is 0 Å². The van der Waals surface area contributed by atoms with Crippen LogP contribution in [0.25, 0.3) is 0 Å². The minimum absolute atomic E-state index is 0.240. The highest BCUT2D eigenvalue weighted by atomic mass is 32.1. The molecule has 0 saturated heterocycles. The van der Waals surface area contributed by atoms with Crippen LogP contribution in [-0.4, -0.2) is 47.7 Å². The third kappa shape index (κ3) is 6.54. The SMILES string of the molecule is CCNC(=NCC(CCO)CC(C)C)N(C)Cc1nc2c(s1)CCCC2. The number of aromatic nitrogens is 1. The summed E-state index contributed by atoms with van der Waals surface area (Å²) >= 11 is 1.87. The molecule has 1 heterocycles. The molecule has 0 aliphatic heterocycles. The van der Waals surface area contributed by atoms with Gasteiger partial charge in [0.15, 0.2) is 5.96 Å². The third-order valence-electron chi connectivity index (χ3n) is 4.80. The van der Waals surface area contributed by atoms with Gasteiger partial charge in [-0.25, -0.2) is 4.98 Å². The van der Waals surface area contributed by atoms with Crippen molar-refractivity contribution in [2.75, 3.05) is 26.7 Å². The lowest BCUT2D eigenvalue weighted by atomic mass is 9.94. The molecule has 0 amide bonds. The number of aliphatic imine (C=N–C) groups is 1. The van der Waals surface area contributed by atoms with E-state index in [-0.39, 0.29) is 6.61 Å². The monoisotopic (exact) mass is 380 g/mol. The summed E-state index contributed by atoms with van der Waals surface area (Å²) in [7, 11) is 2.09. The summed E-state index contributed by atoms with van der Waals surface area (Å²) in [6.45, 7) is 9.23. The zero-order chi connectivity index (χ0) is 18.9. The number of fused-ring (bicyclic) bond motifs is 1. The van der Waals surface area contributed by atoms with Gasteiger partial charge in [-0.05, 0) is 57.3 Å². The van der Waals surface area contributed by atoms with Crippen LogP contribution in [0.15, 0.2) is 4.99 Å². The highest BCUT2D eigenvalue weighted by Crippen LogP contribution is 2.27. The fourth-order valence-corrected chi connectivity index (χ4v) is 4.78. The van der Waals surface area contributed by atoms with E-state index in [0.717, 1.165) is 44.9 Å². The summed E-state index contributed by atoms with van der Waals surface area (Å²) in [4.78, 5) is 13.4. The van der Waals surface area contributed by atoms with E-state index in [9.17, 15) is 5.11 Å². The summed E-state index contributed by atoms with van der Waals surface area (Å²) in [6.07, 6.45) is 6.84. The lowest BCUT2D eigenvalue weighted by molar-refractivity contribution is 0.245. The number of hydrogen-bond acceptors (Lipinski definition) is 4. The summed E-state index contributed by atoms with van der Waals surface area (Å²) in [5, 5.41) is 13.9. The normalized spacial score (nSPS) is 15.8. The molecule has 1 unspecified atom stereocenters. The summed E-state index contributed by atoms with van der Waals surface area (Å²) in [5.74, 6) is 2.00. The predicted octanol–water partition coefficient (Wildman–Crippen LogP) is 3.46. The lowest BCUT2D eigenvalue weighted by Crippen LogP contribution is -2.38. The highest BCUT2D eigenvalue weighted by molar-refractivity contribution is 7.11. The molecular formula is C20H36N4OS. The van der Waals surface area contributed by atoms with Crippen LogP contribution in [0.5, 0.6) is 0 Å². The Bertz CT molecular complexity index is 547. The largest absolute Gasteiger partial charge is 0.396 e. The van der Waals surface area contributed by atoms with Crippen LogP contribution >= 0.6 is 11.3 Å². The highest BCUT2D eigenvalue weighted by Gasteiger charge is 2.17. The van der Waals surface area contributed by atoms with Crippen LogP contribution in [0.3, 0.4) is 0 Å². The molecule has 1 aromatic heterocycles. The maximum Gasteiger partial charge on any atom is 0.194 e. The van der Waals surface area contributed by atoms with Gasteiger partial charge in [0.25, 0.3) is 0 Å². The molecule has 0 aromatic carbocycles. The van der Waals surface area contributed by atoms with Gasteiger partial charge in [-0.2, -0.15) is 0 Å². The Morgan fingerprint density at radius 3 is 2.77 bits per heavy atom. The molecule has 0 fully saturated rings. The molecule has 0 bridgehead atoms. The quantitative estimate of drug-likeness (QED) is 0.509. The number of rotatable bonds is 9. The van der Waals surface area contributed by atoms with E-state index in [1.807, 2.05) is 11.3 Å². The first-order valence-corrected chi connectivity index (χ1v) is 10.9. The molecule has 148 valence electrons. The van der Waals surface area contributed by atoms with E-state index in [0.29, 0.717) is 11.8 Å². The van der Waals surface area contributed by atoms with Gasteiger partial charge < -0.3 is 15.3 Å². The van der Waals surface area contributed by atoms with Crippen LogP contribution in [0.4, 0.5) is 0 Å². The van der Waals surface area contributed by atoms with Crippen LogP contribution in [0.1, 0.15) is 62.0 Å². The Labute approximate surface area is 162 Å². The van der Waals surface area contributed by atoms with Crippen molar-refractivity contribution in [3.8, 4) is 0 Å². The van der Waals surface area contributed by atoms with Gasteiger partial charge in [0.2, 0.25) is 0 Å². The van der Waals surface area contributed by atoms with Gasteiger partial charge in [-0.1, -0.05) is 13.8 Å². The Kier molecular flexibility index (Phi) is 8.85. The zero-order valence-electron chi connectivity index (χ0n) is 16.9. The fraction of sp³-hybridized carbons (Fsp3) is 0.800. The standard InChI is InChI=1S/C20H36N4OS/c1-5-21-20(22-13-16(10-11-25)12-15(2)3)24(4)14-19-23-17-8-6-7-9-18(17)26-19/h15-16,25H,5-14H2,1-4H3,(H,21,22). The van der Waals surface area contributed by atoms with Gasteiger partial charge in [0.05, 0.1) is 12.2 Å². The molecule has 1 aliphatic rings. The number of aliphatic hydroxyl groups is 1. The van der Waals surface area contributed by atoms with Crippen molar-refractivity contribution in [2.24, 2.45) is 16.8 Å². The van der Waals surface area contributed by atoms with E-state index in [4.69, 9.17) is 9.98 Å². The van der Waals surface area contributed by atoms with Crippen molar-refractivity contribution in [3.05, 3.63) is 15.6 Å². The molecule has 0 saturated carbocycles. The Balaban J connectivity index is 2.00. The van der Waals surface area contributed by atoms with E-state index in [1.54, 1.807) is 0 Å². The lowest BCUT2D eigenvalue weighted by Gasteiger charge is -2.22. The van der Waals surface area contributed by atoms with Gasteiger partial charge in [0.1, 0.15) is 5.01 Å². The molecule has 2 N–H and O–H groups in total. The topological polar surface area (TPSA) is 60.8 Å². The number of aliphatic hydroxyl groups excluding tert-OH is 1. The van der Waals surface area contributed by atoms with E-state index in [1.165, 1.54) is 34.8 Å². The number of thiazole rings is 1. The maximum absolute atomic E-state index is 9.32. The average Bonchev–Trinajstić information content (AvgIpc) is 3.00. The van der Waals surface area contributed by atoms with Crippen molar-refractivity contribution < 1.29 is 5.11 Å². The van der Waals surface area contributed by atoms with Gasteiger partial charge in [0, 0.05) is 31.6 Å². The minimum atomic E-state index is 0.240. The Morgan fingerprint density at radius 2 is 2.12 bits per heavy atom. The first kappa shape index (κ1) is 21.2. The minimum Gasteiger partial charge on any atom is -0.396 e. The molecule has 26 heavy (non-hydrogen) atoms. The van der Waals surface area contributed by atoms with Crippen LogP contribution in [0, 0.1) is 11.8 Å². The Hall–Kier alpha value is -1.14. The number of aryl methyl sites for hydroxylation is 2. The second kappa shape index (κ2) is 10.9. The van der Waals surface area contributed by atoms with Crippen LogP contribution in [0.2, 0.25) is 0 Å². The first-order chi connectivity index (χ1) is 12.5. The average molecular weight is 381 g/mol. The van der Waals surface area contributed by atoms with Crippen LogP contribution < -0.4 is 5.32 Å². The summed E-state index contributed by atoms with van der Waals surface area (Å²) in [6, 6.07) is 0. The molecule has 0 radical (unpaired) electrons. The molecule has 6 heteroatoms. The molecule has 1 atom stereocenters. The second-order valence-corrected chi connectivity index (χ2v) is 8.91. The van der Waals surface area contributed by atoms with Crippen molar-refractivity contribution >= 4 is 17.3 Å². The van der Waals surface area contributed by atoms with Gasteiger partial charge in [-0.3, -0.25) is 4.99 Å². The number of guanidine groups is 1. The third-order valence-corrected chi connectivity index (χ3v) is 5.94. The maximum atomic E-state index is 9.32. The number of hydrogen-bond donors (Lipinski definition) is 2. The van der Waals surface area contributed by atoms with E-state index >= 15 is 0 Å². The number of nitrogens with one attached hydrogen (secondary N) is 1. The molecule has 0 spiro atoms. The molecule has 5 nitrogen and oxygen atoms in total. The second-order valence-electron chi connectivity index (χ2n) is 7.74. The van der Waals surface area contributed by atoms with Crippen molar-refractivity contribution in [3.63, 3.8) is 0 Å². The summed E-state index contributed by atoms with van der Waals surface area (Å²) < 4.78 is 0. The molecule has 1 aliphatic carbocycles. The zero-order valence-corrected chi connectivity index (χ0v) is 17.7. The Morgan fingerprint density at radius 1 is 1.35 bits per heavy atom. The summed E-state index contributed by atoms with van der Waals surface area (Å²) in [5.41, 5.74) is 1.33. The van der Waals surface area contributed by atoms with Crippen LogP contribution in [-0.2, 0) is 19.4 Å². The molecular weight excluding hydrogens is 344 g/mol. The number of nitrogens with zero attached hydrogens (tertiary/aromatic N) is 3.